The third-order valence-electron chi connectivity index (χ3n) is 4.70. The van der Waals surface area contributed by atoms with Gasteiger partial charge in [-0.15, -0.1) is 0 Å². The number of hydrogen-bond donors (Lipinski definition) is 1. The summed E-state index contributed by atoms with van der Waals surface area (Å²) < 4.78 is 0. The largest absolute Gasteiger partial charge is 0.337 e. The first kappa shape index (κ1) is 15.7. The maximum absolute atomic E-state index is 12.2. The van der Waals surface area contributed by atoms with Gasteiger partial charge in [-0.1, -0.05) is 6.42 Å². The second kappa shape index (κ2) is 6.36. The number of rotatable bonds is 6. The van der Waals surface area contributed by atoms with E-state index in [9.17, 15) is 10.1 Å². The Morgan fingerprint density at radius 1 is 1.45 bits per heavy atom. The minimum absolute atomic E-state index is 0.0183. The van der Waals surface area contributed by atoms with Crippen molar-refractivity contribution in [3.05, 3.63) is 0 Å². The highest BCUT2D eigenvalue weighted by Gasteiger charge is 2.43. The van der Waals surface area contributed by atoms with Crippen LogP contribution in [0.1, 0.15) is 39.0 Å². The zero-order chi connectivity index (χ0) is 14.8. The summed E-state index contributed by atoms with van der Waals surface area (Å²) in [6.45, 7) is 2.24. The van der Waals surface area contributed by atoms with Crippen molar-refractivity contribution in [2.24, 2.45) is 5.92 Å². The molecule has 112 valence electrons. The molecule has 5 heteroatoms. The number of likely N-dealkylation sites (N-methyl/N-ethyl adjacent to an activating group) is 1. The second-order valence-corrected chi connectivity index (χ2v) is 7.40. The van der Waals surface area contributed by atoms with Crippen LogP contribution >= 0.6 is 11.8 Å². The van der Waals surface area contributed by atoms with Crippen LogP contribution in [0, 0.1) is 17.2 Å². The number of carbonyl (C=O) groups is 1. The molecular formula is C15H25N3OS. The van der Waals surface area contributed by atoms with E-state index >= 15 is 0 Å². The minimum Gasteiger partial charge on any atom is -0.337 e. The third kappa shape index (κ3) is 3.48. The van der Waals surface area contributed by atoms with Crippen molar-refractivity contribution in [3.63, 3.8) is 0 Å². The van der Waals surface area contributed by atoms with E-state index in [-0.39, 0.29) is 5.91 Å². The van der Waals surface area contributed by atoms with Gasteiger partial charge in [0.15, 0.2) is 0 Å². The molecule has 0 saturated heterocycles. The molecule has 0 aliphatic heterocycles. The molecule has 0 radical (unpaired) electrons. The predicted molar refractivity (Wildman–Crippen MR) is 82.5 cm³/mol. The molecule has 4 nitrogen and oxygen atoms in total. The van der Waals surface area contributed by atoms with Gasteiger partial charge in [-0.3, -0.25) is 9.69 Å². The standard InChI is InChI=1S/C15H25N3OS/c1-15(10-16,11-7-8-11)17-14(19)9-18(2)12-5-4-6-13(12)20-3/h11-13H,4-9H2,1-3H3,(H,17,19)/t12-,13-,15+/m1/s1. The number of carbonyl (C=O) groups excluding carboxylic acids is 1. The molecule has 0 aromatic carbocycles. The number of nitrogens with one attached hydrogen (secondary N) is 1. The van der Waals surface area contributed by atoms with E-state index in [1.54, 1.807) is 0 Å². The lowest BCUT2D eigenvalue weighted by molar-refractivity contribution is -0.123. The number of nitrogens with zero attached hydrogens (tertiary/aromatic N) is 2. The van der Waals surface area contributed by atoms with Gasteiger partial charge in [-0.25, -0.2) is 0 Å². The monoisotopic (exact) mass is 295 g/mol. The lowest BCUT2D eigenvalue weighted by atomic mass is 9.98. The van der Waals surface area contributed by atoms with Crippen LogP contribution in [0.15, 0.2) is 0 Å². The first-order chi connectivity index (χ1) is 9.50. The SMILES string of the molecule is CS[C@@H]1CCC[C@H]1N(C)CC(=O)N[C@@](C)(C#N)C1CC1. The van der Waals surface area contributed by atoms with Gasteiger partial charge in [0.05, 0.1) is 12.6 Å². The highest BCUT2D eigenvalue weighted by Crippen LogP contribution is 2.39. The molecular weight excluding hydrogens is 270 g/mol. The fourth-order valence-corrected chi connectivity index (χ4v) is 4.30. The average molecular weight is 295 g/mol. The first-order valence-electron chi connectivity index (χ1n) is 7.45. The molecule has 3 atom stereocenters. The lowest BCUT2D eigenvalue weighted by Crippen LogP contribution is -2.51. The fourth-order valence-electron chi connectivity index (χ4n) is 3.24. The Morgan fingerprint density at radius 3 is 2.70 bits per heavy atom. The van der Waals surface area contributed by atoms with Gasteiger partial charge in [0.25, 0.3) is 0 Å². The van der Waals surface area contributed by atoms with E-state index in [1.165, 1.54) is 19.3 Å². The molecule has 0 spiro atoms. The Hall–Kier alpha value is -0.730. The van der Waals surface area contributed by atoms with Crippen LogP contribution in [0.2, 0.25) is 0 Å². The van der Waals surface area contributed by atoms with Crippen molar-refractivity contribution in [3.8, 4) is 6.07 Å². The fraction of sp³-hybridized carbons (Fsp3) is 0.867. The van der Waals surface area contributed by atoms with Gasteiger partial charge in [-0.05, 0) is 51.8 Å². The molecule has 0 aromatic rings. The summed E-state index contributed by atoms with van der Waals surface area (Å²) in [7, 11) is 2.03. The van der Waals surface area contributed by atoms with Crippen LogP contribution in [-0.2, 0) is 4.79 Å². The van der Waals surface area contributed by atoms with E-state index in [1.807, 2.05) is 25.7 Å². The normalized spacial score (nSPS) is 28.9. The van der Waals surface area contributed by atoms with E-state index < -0.39 is 5.54 Å². The van der Waals surface area contributed by atoms with Gasteiger partial charge in [0.1, 0.15) is 5.54 Å². The highest BCUT2D eigenvalue weighted by molar-refractivity contribution is 7.99. The molecule has 2 rings (SSSR count). The zero-order valence-corrected chi connectivity index (χ0v) is 13.5. The molecule has 2 saturated carbocycles. The molecule has 1 N–H and O–H groups in total. The van der Waals surface area contributed by atoms with Crippen molar-refractivity contribution in [2.75, 3.05) is 19.8 Å². The van der Waals surface area contributed by atoms with E-state index in [0.29, 0.717) is 23.8 Å². The summed E-state index contributed by atoms with van der Waals surface area (Å²) in [6.07, 6.45) is 7.93. The van der Waals surface area contributed by atoms with Crippen LogP contribution in [0.3, 0.4) is 0 Å². The van der Waals surface area contributed by atoms with Gasteiger partial charge < -0.3 is 5.32 Å². The molecule has 0 bridgehead atoms. The van der Waals surface area contributed by atoms with Crippen LogP contribution < -0.4 is 5.32 Å². The van der Waals surface area contributed by atoms with Crippen molar-refractivity contribution in [1.29, 1.82) is 5.26 Å². The summed E-state index contributed by atoms with van der Waals surface area (Å²) in [5.41, 5.74) is -0.674. The Labute approximate surface area is 126 Å². The molecule has 2 fully saturated rings. The summed E-state index contributed by atoms with van der Waals surface area (Å²) in [5, 5.41) is 12.9. The van der Waals surface area contributed by atoms with Crippen molar-refractivity contribution in [1.82, 2.24) is 10.2 Å². The number of nitriles is 1. The molecule has 0 unspecified atom stereocenters. The van der Waals surface area contributed by atoms with Crippen molar-refractivity contribution >= 4 is 17.7 Å². The van der Waals surface area contributed by atoms with Crippen molar-refractivity contribution in [2.45, 2.75) is 55.9 Å². The summed E-state index contributed by atoms with van der Waals surface area (Å²) in [5.74, 6) is 0.322. The van der Waals surface area contributed by atoms with Crippen LogP contribution in [0.25, 0.3) is 0 Å². The molecule has 20 heavy (non-hydrogen) atoms. The van der Waals surface area contributed by atoms with Crippen LogP contribution in [-0.4, -0.2) is 47.5 Å². The third-order valence-corrected chi connectivity index (χ3v) is 5.86. The zero-order valence-electron chi connectivity index (χ0n) is 12.7. The van der Waals surface area contributed by atoms with Crippen LogP contribution in [0.4, 0.5) is 0 Å². The van der Waals surface area contributed by atoms with Gasteiger partial charge >= 0.3 is 0 Å². The van der Waals surface area contributed by atoms with Gasteiger partial charge in [0.2, 0.25) is 5.91 Å². The maximum atomic E-state index is 12.2. The van der Waals surface area contributed by atoms with Crippen LogP contribution in [0.5, 0.6) is 0 Å². The minimum atomic E-state index is -0.674. The number of amides is 1. The van der Waals surface area contributed by atoms with E-state index in [2.05, 4.69) is 22.5 Å². The summed E-state index contributed by atoms with van der Waals surface area (Å²) >= 11 is 1.90. The topological polar surface area (TPSA) is 56.1 Å². The molecule has 0 heterocycles. The smallest absolute Gasteiger partial charge is 0.235 e. The Balaban J connectivity index is 1.86. The Kier molecular flexibility index (Phi) is 4.98. The van der Waals surface area contributed by atoms with Gasteiger partial charge in [-0.2, -0.15) is 17.0 Å². The second-order valence-electron chi connectivity index (χ2n) is 6.32. The summed E-state index contributed by atoms with van der Waals surface area (Å²) in [6, 6.07) is 2.77. The van der Waals surface area contributed by atoms with E-state index in [0.717, 1.165) is 12.8 Å². The molecule has 1 amide bonds. The number of thioether (sulfide) groups is 1. The summed E-state index contributed by atoms with van der Waals surface area (Å²) in [4.78, 5) is 14.4. The van der Waals surface area contributed by atoms with Crippen molar-refractivity contribution < 1.29 is 4.79 Å². The predicted octanol–water partition coefficient (Wildman–Crippen LogP) is 2.01. The highest BCUT2D eigenvalue weighted by atomic mass is 32.2. The van der Waals surface area contributed by atoms with Gasteiger partial charge in [0, 0.05) is 11.3 Å². The quantitative estimate of drug-likeness (QED) is 0.814. The maximum Gasteiger partial charge on any atom is 0.235 e. The first-order valence-corrected chi connectivity index (χ1v) is 8.74. The Morgan fingerprint density at radius 2 is 2.15 bits per heavy atom. The average Bonchev–Trinajstić information content (AvgIpc) is 3.16. The molecule has 2 aliphatic rings. The molecule has 0 aromatic heterocycles. The number of hydrogen-bond acceptors (Lipinski definition) is 4. The lowest BCUT2D eigenvalue weighted by Gasteiger charge is -2.30. The van der Waals surface area contributed by atoms with E-state index in [4.69, 9.17) is 0 Å². The molecule has 2 aliphatic carbocycles. The Bertz CT molecular complexity index is 404.